The van der Waals surface area contributed by atoms with Crippen LogP contribution in [0.2, 0.25) is 0 Å². The summed E-state index contributed by atoms with van der Waals surface area (Å²) in [7, 11) is 0. The van der Waals surface area contributed by atoms with E-state index in [1.54, 1.807) is 0 Å². The molecule has 3 unspecified atom stereocenters. The van der Waals surface area contributed by atoms with Crippen molar-refractivity contribution in [3.63, 3.8) is 0 Å². The summed E-state index contributed by atoms with van der Waals surface area (Å²) < 4.78 is 0. The molecule has 0 saturated carbocycles. The van der Waals surface area contributed by atoms with Gasteiger partial charge in [0.25, 0.3) is 0 Å². The average Bonchev–Trinajstić information content (AvgIpc) is 2.47. The SMILES string of the molecule is CC(N)C(=O)NC(C)C(=O)NCC(=O)NC(CCC(=O)O)C(=O)O. The number of nitrogens with one attached hydrogen (secondary N) is 3. The number of amides is 3. The van der Waals surface area contributed by atoms with E-state index in [2.05, 4.69) is 16.0 Å². The van der Waals surface area contributed by atoms with Crippen molar-refractivity contribution >= 4 is 29.7 Å². The lowest BCUT2D eigenvalue weighted by atomic mass is 10.1. The van der Waals surface area contributed by atoms with E-state index in [1.165, 1.54) is 13.8 Å². The standard InChI is InChI=1S/C13H22N4O7/c1-6(14)11(21)16-7(2)12(22)15-5-9(18)17-8(13(23)24)3-4-10(19)20/h6-8H,3-5,14H2,1-2H3,(H,15,22)(H,16,21)(H,17,18)(H,19,20)(H,23,24). The molecule has 7 N–H and O–H groups in total. The second-order valence-corrected chi connectivity index (χ2v) is 5.13. The molecular weight excluding hydrogens is 324 g/mol. The Morgan fingerprint density at radius 1 is 1.00 bits per heavy atom. The third kappa shape index (κ3) is 8.68. The van der Waals surface area contributed by atoms with Crippen LogP contribution < -0.4 is 21.7 Å². The number of carboxylic acid groups (broad SMARTS) is 2. The second kappa shape index (κ2) is 10.2. The van der Waals surface area contributed by atoms with E-state index in [0.29, 0.717) is 0 Å². The molecule has 3 atom stereocenters. The summed E-state index contributed by atoms with van der Waals surface area (Å²) in [6.45, 7) is 2.31. The molecule has 0 heterocycles. The van der Waals surface area contributed by atoms with E-state index in [1.807, 2.05) is 0 Å². The summed E-state index contributed by atoms with van der Waals surface area (Å²) in [5, 5.41) is 24.1. The molecule has 0 rings (SSSR count). The Morgan fingerprint density at radius 3 is 2.04 bits per heavy atom. The van der Waals surface area contributed by atoms with Gasteiger partial charge in [-0.25, -0.2) is 4.79 Å². The van der Waals surface area contributed by atoms with Gasteiger partial charge in [0.05, 0.1) is 12.6 Å². The Kier molecular flexibility index (Phi) is 9.02. The van der Waals surface area contributed by atoms with Crippen LogP contribution in [0.3, 0.4) is 0 Å². The predicted octanol–water partition coefficient (Wildman–Crippen LogP) is -2.61. The van der Waals surface area contributed by atoms with E-state index >= 15 is 0 Å². The highest BCUT2D eigenvalue weighted by atomic mass is 16.4. The Labute approximate surface area is 138 Å². The normalized spacial score (nSPS) is 14.0. The first-order valence-corrected chi connectivity index (χ1v) is 7.12. The van der Waals surface area contributed by atoms with Crippen molar-refractivity contribution < 1.29 is 34.2 Å². The van der Waals surface area contributed by atoms with Gasteiger partial charge < -0.3 is 31.9 Å². The van der Waals surface area contributed by atoms with E-state index in [-0.39, 0.29) is 6.42 Å². The third-order valence-electron chi connectivity index (χ3n) is 2.87. The minimum Gasteiger partial charge on any atom is -0.481 e. The van der Waals surface area contributed by atoms with Crippen LogP contribution in [0.25, 0.3) is 0 Å². The molecule has 0 aliphatic carbocycles. The van der Waals surface area contributed by atoms with Crippen molar-refractivity contribution in [3.05, 3.63) is 0 Å². The van der Waals surface area contributed by atoms with Crippen molar-refractivity contribution in [2.24, 2.45) is 5.73 Å². The molecule has 0 fully saturated rings. The minimum absolute atomic E-state index is 0.287. The van der Waals surface area contributed by atoms with Gasteiger partial charge in [-0.3, -0.25) is 19.2 Å². The summed E-state index contributed by atoms with van der Waals surface area (Å²) in [6.07, 6.45) is -0.713. The Hall–Kier alpha value is -2.69. The molecule has 0 aliphatic rings. The Balaban J connectivity index is 4.35. The predicted molar refractivity (Wildman–Crippen MR) is 80.7 cm³/mol. The number of hydrogen-bond donors (Lipinski definition) is 6. The van der Waals surface area contributed by atoms with Crippen molar-refractivity contribution in [2.75, 3.05) is 6.54 Å². The van der Waals surface area contributed by atoms with Crippen LogP contribution in [-0.4, -0.2) is 64.5 Å². The molecule has 0 saturated heterocycles. The van der Waals surface area contributed by atoms with Gasteiger partial charge in [0.2, 0.25) is 17.7 Å². The monoisotopic (exact) mass is 346 g/mol. The molecule has 11 heteroatoms. The largest absolute Gasteiger partial charge is 0.481 e. The summed E-state index contributed by atoms with van der Waals surface area (Å²) in [5.74, 6) is -4.57. The average molecular weight is 346 g/mol. The summed E-state index contributed by atoms with van der Waals surface area (Å²) >= 11 is 0. The number of nitrogens with two attached hydrogens (primary N) is 1. The molecule has 24 heavy (non-hydrogen) atoms. The number of carbonyl (C=O) groups is 5. The van der Waals surface area contributed by atoms with Crippen LogP contribution in [0, 0.1) is 0 Å². The number of hydrogen-bond acceptors (Lipinski definition) is 6. The zero-order valence-electron chi connectivity index (χ0n) is 13.4. The van der Waals surface area contributed by atoms with E-state index in [0.717, 1.165) is 0 Å². The van der Waals surface area contributed by atoms with Crippen LogP contribution in [0.5, 0.6) is 0 Å². The highest BCUT2D eigenvalue weighted by Crippen LogP contribution is 1.98. The number of rotatable bonds is 10. The zero-order chi connectivity index (χ0) is 18.9. The quantitative estimate of drug-likeness (QED) is 0.248. The van der Waals surface area contributed by atoms with E-state index in [9.17, 15) is 24.0 Å². The lowest BCUT2D eigenvalue weighted by Crippen LogP contribution is -2.51. The van der Waals surface area contributed by atoms with Crippen LogP contribution in [-0.2, 0) is 24.0 Å². The van der Waals surface area contributed by atoms with Crippen molar-refractivity contribution in [1.29, 1.82) is 0 Å². The van der Waals surface area contributed by atoms with Crippen molar-refractivity contribution in [2.45, 2.75) is 44.8 Å². The molecule has 11 nitrogen and oxygen atoms in total. The fraction of sp³-hybridized carbons (Fsp3) is 0.615. The fourth-order valence-electron chi connectivity index (χ4n) is 1.50. The first-order valence-electron chi connectivity index (χ1n) is 7.12. The van der Waals surface area contributed by atoms with Gasteiger partial charge >= 0.3 is 11.9 Å². The maximum Gasteiger partial charge on any atom is 0.326 e. The van der Waals surface area contributed by atoms with Gasteiger partial charge in [-0.05, 0) is 20.3 Å². The molecule has 3 amide bonds. The molecule has 0 bridgehead atoms. The second-order valence-electron chi connectivity index (χ2n) is 5.13. The molecule has 136 valence electrons. The molecule has 0 spiro atoms. The Bertz CT molecular complexity index is 507. The molecule has 0 radical (unpaired) electrons. The fourth-order valence-corrected chi connectivity index (χ4v) is 1.50. The lowest BCUT2D eigenvalue weighted by molar-refractivity contribution is -0.143. The van der Waals surface area contributed by atoms with Gasteiger partial charge in [0, 0.05) is 6.42 Å². The van der Waals surface area contributed by atoms with E-state index in [4.69, 9.17) is 15.9 Å². The number of aliphatic carboxylic acids is 2. The van der Waals surface area contributed by atoms with Crippen LogP contribution in [0.4, 0.5) is 0 Å². The summed E-state index contributed by atoms with van der Waals surface area (Å²) in [6, 6.07) is -3.10. The smallest absolute Gasteiger partial charge is 0.326 e. The Morgan fingerprint density at radius 2 is 1.58 bits per heavy atom. The molecule has 0 aromatic heterocycles. The van der Waals surface area contributed by atoms with Gasteiger partial charge in [0.15, 0.2) is 0 Å². The highest BCUT2D eigenvalue weighted by Gasteiger charge is 2.22. The first-order chi connectivity index (χ1) is 11.0. The number of carbonyl (C=O) groups excluding carboxylic acids is 3. The minimum atomic E-state index is -1.38. The molecule has 0 aromatic rings. The topological polar surface area (TPSA) is 188 Å². The summed E-state index contributed by atoms with van der Waals surface area (Å²) in [5.41, 5.74) is 5.33. The maximum absolute atomic E-state index is 11.7. The van der Waals surface area contributed by atoms with Gasteiger partial charge in [0.1, 0.15) is 12.1 Å². The number of carboxylic acids is 2. The van der Waals surface area contributed by atoms with E-state index < -0.39 is 60.8 Å². The molecule has 0 aliphatic heterocycles. The first kappa shape index (κ1) is 21.3. The zero-order valence-corrected chi connectivity index (χ0v) is 13.4. The van der Waals surface area contributed by atoms with Gasteiger partial charge in [-0.15, -0.1) is 0 Å². The lowest BCUT2D eigenvalue weighted by Gasteiger charge is -2.16. The summed E-state index contributed by atoms with van der Waals surface area (Å²) in [4.78, 5) is 56.0. The van der Waals surface area contributed by atoms with Crippen molar-refractivity contribution in [1.82, 2.24) is 16.0 Å². The van der Waals surface area contributed by atoms with Crippen molar-refractivity contribution in [3.8, 4) is 0 Å². The maximum atomic E-state index is 11.7. The van der Waals surface area contributed by atoms with Crippen LogP contribution in [0.15, 0.2) is 0 Å². The highest BCUT2D eigenvalue weighted by molar-refractivity contribution is 5.92. The van der Waals surface area contributed by atoms with Crippen LogP contribution in [0.1, 0.15) is 26.7 Å². The third-order valence-corrected chi connectivity index (χ3v) is 2.87. The van der Waals surface area contributed by atoms with Gasteiger partial charge in [-0.2, -0.15) is 0 Å². The van der Waals surface area contributed by atoms with Crippen LogP contribution >= 0.6 is 0 Å². The molecular formula is C13H22N4O7. The van der Waals surface area contributed by atoms with Gasteiger partial charge in [-0.1, -0.05) is 0 Å². The molecule has 0 aromatic carbocycles.